The van der Waals surface area contributed by atoms with Crippen LogP contribution >= 0.6 is 0 Å². The van der Waals surface area contributed by atoms with Gasteiger partial charge in [-0.25, -0.2) is 4.79 Å². The molecule has 3 aliphatic rings. The van der Waals surface area contributed by atoms with Crippen molar-refractivity contribution in [3.05, 3.63) is 0 Å². The van der Waals surface area contributed by atoms with E-state index in [1.54, 1.807) is 0 Å². The molecule has 3 fully saturated rings. The molecule has 0 aromatic rings. The molecule has 2 aliphatic heterocycles. The smallest absolute Gasteiger partial charge is 0.317 e. The second-order valence-electron chi connectivity index (χ2n) is 6.48. The Hall–Kier alpha value is -0.850. The van der Waals surface area contributed by atoms with Crippen molar-refractivity contribution >= 4 is 6.03 Å². The third-order valence-electron chi connectivity index (χ3n) is 5.06. The summed E-state index contributed by atoms with van der Waals surface area (Å²) in [5.74, 6) is 0.494. The third kappa shape index (κ3) is 2.44. The number of amides is 2. The quantitative estimate of drug-likeness (QED) is 0.637. The predicted molar refractivity (Wildman–Crippen MR) is 71.6 cm³/mol. The molecule has 2 amide bonds. The van der Waals surface area contributed by atoms with Crippen molar-refractivity contribution in [2.45, 2.75) is 36.8 Å². The summed E-state index contributed by atoms with van der Waals surface area (Å²) in [7, 11) is 0. The first kappa shape index (κ1) is 13.1. The third-order valence-corrected chi connectivity index (χ3v) is 5.06. The minimum atomic E-state index is -0.312. The number of hydrogen-bond donors (Lipinski definition) is 3. The summed E-state index contributed by atoms with van der Waals surface area (Å²) in [4.78, 5) is 14.0. The Morgan fingerprint density at radius 3 is 2.58 bits per heavy atom. The first-order valence-electron chi connectivity index (χ1n) is 7.19. The maximum absolute atomic E-state index is 12.2. The van der Waals surface area contributed by atoms with E-state index in [1.165, 1.54) is 0 Å². The minimum absolute atomic E-state index is 0.0180. The zero-order valence-electron chi connectivity index (χ0n) is 11.4. The van der Waals surface area contributed by atoms with Gasteiger partial charge in [-0.2, -0.15) is 0 Å². The Balaban J connectivity index is 1.49. The van der Waals surface area contributed by atoms with E-state index in [0.717, 1.165) is 32.2 Å². The van der Waals surface area contributed by atoms with Crippen LogP contribution < -0.4 is 16.8 Å². The zero-order chi connectivity index (χ0) is 13.5. The van der Waals surface area contributed by atoms with Gasteiger partial charge in [-0.05, 0) is 31.6 Å². The van der Waals surface area contributed by atoms with Gasteiger partial charge in [-0.1, -0.05) is 0 Å². The fourth-order valence-electron chi connectivity index (χ4n) is 3.36. The van der Waals surface area contributed by atoms with Gasteiger partial charge >= 0.3 is 6.03 Å². The lowest BCUT2D eigenvalue weighted by atomic mass is 9.70. The van der Waals surface area contributed by atoms with Crippen LogP contribution in [0.3, 0.4) is 0 Å². The first-order chi connectivity index (χ1) is 9.01. The van der Waals surface area contributed by atoms with Crippen molar-refractivity contribution in [1.82, 2.24) is 10.2 Å². The number of ether oxygens (including phenoxy) is 1. The summed E-state index contributed by atoms with van der Waals surface area (Å²) in [6.45, 7) is 3.37. The largest absolute Gasteiger partial charge is 0.381 e. The molecule has 19 heavy (non-hydrogen) atoms. The highest BCUT2D eigenvalue weighted by Gasteiger charge is 2.51. The summed E-state index contributed by atoms with van der Waals surface area (Å²) in [6.07, 6.45) is 3.80. The molecule has 108 valence electrons. The number of hydrogen-bond acceptors (Lipinski definition) is 4. The Morgan fingerprint density at radius 1 is 1.32 bits per heavy atom. The second kappa shape index (κ2) is 4.61. The van der Waals surface area contributed by atoms with Gasteiger partial charge in [0, 0.05) is 43.9 Å². The normalized spacial score (nSPS) is 36.5. The van der Waals surface area contributed by atoms with Crippen molar-refractivity contribution in [3.8, 4) is 0 Å². The molecule has 0 radical (unpaired) electrons. The molecule has 0 aromatic carbocycles. The molecule has 0 unspecified atom stereocenters. The van der Waals surface area contributed by atoms with E-state index in [1.807, 2.05) is 4.90 Å². The first-order valence-corrected chi connectivity index (χ1v) is 7.19. The number of carbonyl (C=O) groups is 1. The molecule has 0 bridgehead atoms. The standard InChI is InChI=1S/C13H24N4O2/c14-12(3-5-19-6-4-12)8-16-11(18)17-7-10-1-2-13(10,15)9-17/h10H,1-9,14-15H2,(H,16,18)/t10-,13-/m0/s1. The van der Waals surface area contributed by atoms with Crippen LogP contribution in [0.25, 0.3) is 0 Å². The average molecular weight is 268 g/mol. The molecule has 2 atom stereocenters. The maximum Gasteiger partial charge on any atom is 0.317 e. The summed E-state index contributed by atoms with van der Waals surface area (Å²) >= 11 is 0. The number of nitrogens with one attached hydrogen (secondary N) is 1. The van der Waals surface area contributed by atoms with Crippen molar-refractivity contribution < 1.29 is 9.53 Å². The molecule has 3 rings (SSSR count). The summed E-state index contributed by atoms with van der Waals surface area (Å²) in [6, 6.07) is -0.0180. The lowest BCUT2D eigenvalue weighted by Crippen LogP contribution is -2.56. The SMILES string of the molecule is NC1(CNC(=O)N2C[C@@H]3CC[C@]3(N)C2)CCOCC1. The molecular formula is C13H24N4O2. The van der Waals surface area contributed by atoms with Crippen LogP contribution in [-0.2, 0) is 4.74 Å². The van der Waals surface area contributed by atoms with Crippen LogP contribution in [0.1, 0.15) is 25.7 Å². The molecule has 1 aliphatic carbocycles. The summed E-state index contributed by atoms with van der Waals surface area (Å²) in [5.41, 5.74) is 12.1. The van der Waals surface area contributed by atoms with Crippen LogP contribution in [0, 0.1) is 5.92 Å². The zero-order valence-corrected chi connectivity index (χ0v) is 11.4. The number of rotatable bonds is 2. The monoisotopic (exact) mass is 268 g/mol. The van der Waals surface area contributed by atoms with E-state index in [2.05, 4.69) is 5.32 Å². The number of urea groups is 1. The van der Waals surface area contributed by atoms with E-state index in [-0.39, 0.29) is 17.1 Å². The maximum atomic E-state index is 12.2. The van der Waals surface area contributed by atoms with E-state index in [4.69, 9.17) is 16.2 Å². The van der Waals surface area contributed by atoms with Gasteiger partial charge in [-0.3, -0.25) is 0 Å². The van der Waals surface area contributed by atoms with Gasteiger partial charge in [-0.15, -0.1) is 0 Å². The van der Waals surface area contributed by atoms with Crippen molar-refractivity contribution in [1.29, 1.82) is 0 Å². The minimum Gasteiger partial charge on any atom is -0.381 e. The van der Waals surface area contributed by atoms with Crippen LogP contribution in [0.15, 0.2) is 0 Å². The molecule has 1 saturated carbocycles. The molecule has 6 nitrogen and oxygen atoms in total. The molecule has 2 heterocycles. The summed E-state index contributed by atoms with van der Waals surface area (Å²) in [5, 5.41) is 2.97. The lowest BCUT2D eigenvalue weighted by Gasteiger charge is -2.39. The number of fused-ring (bicyclic) bond motifs is 1. The Kier molecular flexibility index (Phi) is 3.19. The molecule has 5 N–H and O–H groups in total. The summed E-state index contributed by atoms with van der Waals surface area (Å²) < 4.78 is 5.30. The van der Waals surface area contributed by atoms with Gasteiger partial charge in [0.1, 0.15) is 0 Å². The van der Waals surface area contributed by atoms with Gasteiger partial charge in [0.2, 0.25) is 0 Å². The lowest BCUT2D eigenvalue weighted by molar-refractivity contribution is 0.0534. The molecule has 6 heteroatoms. The number of nitrogens with two attached hydrogens (primary N) is 2. The Morgan fingerprint density at radius 2 is 2.05 bits per heavy atom. The van der Waals surface area contributed by atoms with Gasteiger partial charge in [0.05, 0.1) is 0 Å². The predicted octanol–water partition coefficient (Wildman–Crippen LogP) is -0.373. The average Bonchev–Trinajstić information content (AvgIpc) is 2.61. The van der Waals surface area contributed by atoms with Crippen molar-refractivity contribution in [3.63, 3.8) is 0 Å². The van der Waals surface area contributed by atoms with E-state index < -0.39 is 0 Å². The number of likely N-dealkylation sites (tertiary alicyclic amines) is 1. The molecule has 0 aromatic heterocycles. The Bertz CT molecular complexity index is 370. The van der Waals surface area contributed by atoms with Crippen molar-refractivity contribution in [2.24, 2.45) is 17.4 Å². The van der Waals surface area contributed by atoms with Crippen LogP contribution in [-0.4, -0.2) is 54.9 Å². The highest BCUT2D eigenvalue weighted by molar-refractivity contribution is 5.75. The highest BCUT2D eigenvalue weighted by atomic mass is 16.5. The Labute approximate surface area is 113 Å². The molecular weight excluding hydrogens is 244 g/mol. The van der Waals surface area contributed by atoms with Gasteiger partial charge < -0.3 is 26.4 Å². The topological polar surface area (TPSA) is 93.6 Å². The van der Waals surface area contributed by atoms with E-state index in [0.29, 0.717) is 32.2 Å². The van der Waals surface area contributed by atoms with E-state index in [9.17, 15) is 4.79 Å². The second-order valence-corrected chi connectivity index (χ2v) is 6.48. The van der Waals surface area contributed by atoms with Crippen LogP contribution in [0.5, 0.6) is 0 Å². The van der Waals surface area contributed by atoms with Crippen molar-refractivity contribution in [2.75, 3.05) is 32.8 Å². The highest BCUT2D eigenvalue weighted by Crippen LogP contribution is 2.42. The van der Waals surface area contributed by atoms with Crippen LogP contribution in [0.4, 0.5) is 4.79 Å². The molecule has 2 saturated heterocycles. The van der Waals surface area contributed by atoms with Crippen LogP contribution in [0.2, 0.25) is 0 Å². The van der Waals surface area contributed by atoms with Gasteiger partial charge in [0.15, 0.2) is 0 Å². The fraction of sp³-hybridized carbons (Fsp3) is 0.923. The fourth-order valence-corrected chi connectivity index (χ4v) is 3.36. The molecule has 0 spiro atoms. The number of carbonyl (C=O) groups excluding carboxylic acids is 1. The van der Waals surface area contributed by atoms with E-state index >= 15 is 0 Å². The number of nitrogens with zero attached hydrogens (tertiary/aromatic N) is 1. The van der Waals surface area contributed by atoms with Gasteiger partial charge in [0.25, 0.3) is 0 Å².